The normalized spacial score (nSPS) is 15.9. The topological polar surface area (TPSA) is 72.2 Å². The van der Waals surface area contributed by atoms with E-state index in [2.05, 4.69) is 4.72 Å². The summed E-state index contributed by atoms with van der Waals surface area (Å²) in [6, 6.07) is 1.71. The molecule has 1 aromatic rings. The van der Waals surface area contributed by atoms with Crippen molar-refractivity contribution in [1.29, 1.82) is 0 Å². The SMILES string of the molecule is Cc1cc(S(=O)(=O)NC(C)(CN)C(C)C)c(C)s1. The fraction of sp³-hybridized carbons (Fsp3) is 0.667. The standard InChI is InChI=1S/C12H22N2O2S2/c1-8(2)12(5,7-13)14-18(15,16)11-6-9(3)17-10(11)4/h6,8,14H,7,13H2,1-5H3. The van der Waals surface area contributed by atoms with Gasteiger partial charge >= 0.3 is 0 Å². The van der Waals surface area contributed by atoms with Crippen LogP contribution in [-0.4, -0.2) is 20.5 Å². The molecule has 1 unspecified atom stereocenters. The molecule has 0 amide bonds. The summed E-state index contributed by atoms with van der Waals surface area (Å²) < 4.78 is 27.5. The fourth-order valence-corrected chi connectivity index (χ4v) is 4.73. The van der Waals surface area contributed by atoms with Crippen LogP contribution in [0.15, 0.2) is 11.0 Å². The summed E-state index contributed by atoms with van der Waals surface area (Å²) in [6.45, 7) is 9.75. The van der Waals surface area contributed by atoms with Gasteiger partial charge in [-0.05, 0) is 32.8 Å². The van der Waals surface area contributed by atoms with Gasteiger partial charge in [-0.25, -0.2) is 13.1 Å². The molecule has 0 radical (unpaired) electrons. The number of nitrogens with one attached hydrogen (secondary N) is 1. The zero-order valence-corrected chi connectivity index (χ0v) is 13.2. The van der Waals surface area contributed by atoms with Crippen molar-refractivity contribution < 1.29 is 8.42 Å². The van der Waals surface area contributed by atoms with Gasteiger partial charge in [-0.2, -0.15) is 0 Å². The minimum Gasteiger partial charge on any atom is -0.329 e. The lowest BCUT2D eigenvalue weighted by molar-refractivity contribution is 0.315. The Bertz CT molecular complexity index is 520. The summed E-state index contributed by atoms with van der Waals surface area (Å²) in [5, 5.41) is 0. The number of hydrogen-bond acceptors (Lipinski definition) is 4. The molecule has 0 fully saturated rings. The Kier molecular flexibility index (Phi) is 4.59. The van der Waals surface area contributed by atoms with Gasteiger partial charge in [0.05, 0.1) is 4.90 Å². The molecule has 0 bridgehead atoms. The number of nitrogens with two attached hydrogens (primary N) is 1. The average molecular weight is 290 g/mol. The highest BCUT2D eigenvalue weighted by molar-refractivity contribution is 7.89. The maximum absolute atomic E-state index is 12.4. The molecule has 0 saturated heterocycles. The van der Waals surface area contributed by atoms with E-state index in [4.69, 9.17) is 5.73 Å². The number of rotatable bonds is 5. The monoisotopic (exact) mass is 290 g/mol. The van der Waals surface area contributed by atoms with E-state index in [0.717, 1.165) is 9.75 Å². The van der Waals surface area contributed by atoms with E-state index in [-0.39, 0.29) is 12.5 Å². The highest BCUT2D eigenvalue weighted by Gasteiger charge is 2.33. The summed E-state index contributed by atoms with van der Waals surface area (Å²) >= 11 is 1.49. The van der Waals surface area contributed by atoms with E-state index >= 15 is 0 Å². The first kappa shape index (κ1) is 15.6. The zero-order chi connectivity index (χ0) is 14.1. The lowest BCUT2D eigenvalue weighted by atomic mass is 9.90. The Hall–Kier alpha value is -0.430. The predicted molar refractivity (Wildman–Crippen MR) is 76.4 cm³/mol. The van der Waals surface area contributed by atoms with Gasteiger partial charge in [0, 0.05) is 21.8 Å². The van der Waals surface area contributed by atoms with Crippen molar-refractivity contribution in [2.24, 2.45) is 11.7 Å². The number of sulfonamides is 1. The quantitative estimate of drug-likeness (QED) is 0.871. The Morgan fingerprint density at radius 3 is 2.33 bits per heavy atom. The molecule has 1 rings (SSSR count). The molecule has 1 atom stereocenters. The van der Waals surface area contributed by atoms with Crippen molar-refractivity contribution in [3.05, 3.63) is 15.8 Å². The van der Waals surface area contributed by atoms with E-state index < -0.39 is 15.6 Å². The van der Waals surface area contributed by atoms with Crippen molar-refractivity contribution >= 4 is 21.4 Å². The Labute approximate surface area is 114 Å². The minimum absolute atomic E-state index is 0.123. The van der Waals surface area contributed by atoms with E-state index in [1.54, 1.807) is 6.07 Å². The van der Waals surface area contributed by atoms with Gasteiger partial charge < -0.3 is 5.73 Å². The number of hydrogen-bond donors (Lipinski definition) is 2. The molecule has 104 valence electrons. The zero-order valence-electron chi connectivity index (χ0n) is 11.6. The van der Waals surface area contributed by atoms with Crippen LogP contribution in [-0.2, 0) is 10.0 Å². The van der Waals surface area contributed by atoms with Crippen LogP contribution in [0.25, 0.3) is 0 Å². The van der Waals surface area contributed by atoms with E-state index in [1.165, 1.54) is 11.3 Å². The summed E-state index contributed by atoms with van der Waals surface area (Å²) in [7, 11) is -3.50. The number of aryl methyl sites for hydroxylation is 2. The van der Waals surface area contributed by atoms with Crippen LogP contribution in [0.2, 0.25) is 0 Å². The largest absolute Gasteiger partial charge is 0.329 e. The highest BCUT2D eigenvalue weighted by atomic mass is 32.2. The predicted octanol–water partition coefficient (Wildman–Crippen LogP) is 2.02. The molecule has 6 heteroatoms. The Balaban J connectivity index is 3.13. The molecule has 0 aliphatic heterocycles. The van der Waals surface area contributed by atoms with Gasteiger partial charge in [0.15, 0.2) is 0 Å². The molecule has 0 aliphatic carbocycles. The maximum Gasteiger partial charge on any atom is 0.242 e. The summed E-state index contributed by atoms with van der Waals surface area (Å²) in [4.78, 5) is 2.17. The van der Waals surface area contributed by atoms with Crippen molar-refractivity contribution in [2.45, 2.75) is 45.1 Å². The first-order valence-electron chi connectivity index (χ1n) is 5.93. The first-order chi connectivity index (χ1) is 8.12. The lowest BCUT2D eigenvalue weighted by Gasteiger charge is -2.33. The van der Waals surface area contributed by atoms with E-state index in [1.807, 2.05) is 34.6 Å². The van der Waals surface area contributed by atoms with E-state index in [9.17, 15) is 8.42 Å². The molecule has 4 nitrogen and oxygen atoms in total. The summed E-state index contributed by atoms with van der Waals surface area (Å²) in [5.74, 6) is 0.123. The molecule has 3 N–H and O–H groups in total. The van der Waals surface area contributed by atoms with Crippen LogP contribution < -0.4 is 10.5 Å². The highest BCUT2D eigenvalue weighted by Crippen LogP contribution is 2.27. The fourth-order valence-electron chi connectivity index (χ4n) is 1.63. The molecule has 0 aromatic carbocycles. The van der Waals surface area contributed by atoms with Gasteiger partial charge in [0.25, 0.3) is 0 Å². The molecule has 0 spiro atoms. The lowest BCUT2D eigenvalue weighted by Crippen LogP contribution is -2.54. The van der Waals surface area contributed by atoms with Crippen molar-refractivity contribution in [2.75, 3.05) is 6.54 Å². The van der Waals surface area contributed by atoms with Gasteiger partial charge in [0.1, 0.15) is 0 Å². The Morgan fingerprint density at radius 1 is 1.44 bits per heavy atom. The second kappa shape index (κ2) is 5.28. The first-order valence-corrected chi connectivity index (χ1v) is 8.23. The number of thiophene rings is 1. The van der Waals surface area contributed by atoms with Crippen LogP contribution in [0, 0.1) is 19.8 Å². The van der Waals surface area contributed by atoms with Crippen LogP contribution in [0.3, 0.4) is 0 Å². The molecule has 1 heterocycles. The Morgan fingerprint density at radius 2 is 2.00 bits per heavy atom. The van der Waals surface area contributed by atoms with Crippen molar-refractivity contribution in [3.8, 4) is 0 Å². The van der Waals surface area contributed by atoms with E-state index in [0.29, 0.717) is 4.90 Å². The van der Waals surface area contributed by atoms with Crippen molar-refractivity contribution in [3.63, 3.8) is 0 Å². The summed E-state index contributed by atoms with van der Waals surface area (Å²) in [6.07, 6.45) is 0. The maximum atomic E-state index is 12.4. The third kappa shape index (κ3) is 3.12. The van der Waals surface area contributed by atoms with Crippen LogP contribution in [0.1, 0.15) is 30.5 Å². The smallest absolute Gasteiger partial charge is 0.242 e. The molecule has 18 heavy (non-hydrogen) atoms. The second-order valence-corrected chi connectivity index (χ2v) is 8.27. The third-order valence-electron chi connectivity index (χ3n) is 3.35. The molecular weight excluding hydrogens is 268 g/mol. The second-order valence-electron chi connectivity index (χ2n) is 5.16. The molecular formula is C12H22N2O2S2. The van der Waals surface area contributed by atoms with Crippen LogP contribution in [0.4, 0.5) is 0 Å². The minimum atomic E-state index is -3.50. The molecule has 0 aliphatic rings. The van der Waals surface area contributed by atoms with Crippen LogP contribution in [0.5, 0.6) is 0 Å². The van der Waals surface area contributed by atoms with Gasteiger partial charge in [-0.1, -0.05) is 13.8 Å². The van der Waals surface area contributed by atoms with Crippen LogP contribution >= 0.6 is 11.3 Å². The van der Waals surface area contributed by atoms with Gasteiger partial charge in [0.2, 0.25) is 10.0 Å². The van der Waals surface area contributed by atoms with Crippen molar-refractivity contribution in [1.82, 2.24) is 4.72 Å². The summed E-state index contributed by atoms with van der Waals surface area (Å²) in [5.41, 5.74) is 5.09. The molecule has 0 saturated carbocycles. The van der Waals surface area contributed by atoms with Gasteiger partial charge in [-0.3, -0.25) is 0 Å². The van der Waals surface area contributed by atoms with Gasteiger partial charge in [-0.15, -0.1) is 11.3 Å². The molecule has 1 aromatic heterocycles. The average Bonchev–Trinajstić information content (AvgIpc) is 2.57. The third-order valence-corrected chi connectivity index (χ3v) is 6.18.